The van der Waals surface area contributed by atoms with Crippen LogP contribution in [0.15, 0.2) is 36.5 Å². The van der Waals surface area contributed by atoms with Gasteiger partial charge >= 0.3 is 0 Å². The van der Waals surface area contributed by atoms with Gasteiger partial charge < -0.3 is 15.8 Å². The fourth-order valence-corrected chi connectivity index (χ4v) is 1.45. The standard InChI is InChI=1S/C12H14N4O/c1-17-10-4-2-3-9(7-10)8-15-11-5-6-14-12(13)16-11/h2-7H,8H2,1H3,(H3,13,14,15,16). The van der Waals surface area contributed by atoms with Gasteiger partial charge in [0.2, 0.25) is 5.95 Å². The summed E-state index contributed by atoms with van der Waals surface area (Å²) in [5.74, 6) is 1.81. The summed E-state index contributed by atoms with van der Waals surface area (Å²) in [4.78, 5) is 7.88. The van der Waals surface area contributed by atoms with E-state index in [4.69, 9.17) is 10.5 Å². The third-order valence-corrected chi connectivity index (χ3v) is 2.28. The summed E-state index contributed by atoms with van der Waals surface area (Å²) in [6.45, 7) is 0.660. The second-order valence-corrected chi connectivity index (χ2v) is 3.51. The Balaban J connectivity index is 2.02. The van der Waals surface area contributed by atoms with Gasteiger partial charge in [-0.1, -0.05) is 12.1 Å². The molecule has 0 saturated carbocycles. The Labute approximate surface area is 99.7 Å². The van der Waals surface area contributed by atoms with Crippen molar-refractivity contribution in [3.05, 3.63) is 42.1 Å². The first kappa shape index (κ1) is 11.2. The minimum Gasteiger partial charge on any atom is -0.497 e. The zero-order valence-electron chi connectivity index (χ0n) is 9.55. The number of anilines is 2. The minimum atomic E-state index is 0.264. The Hall–Kier alpha value is -2.30. The Morgan fingerprint density at radius 3 is 3.00 bits per heavy atom. The maximum absolute atomic E-state index is 5.49. The van der Waals surface area contributed by atoms with Crippen molar-refractivity contribution < 1.29 is 4.74 Å². The van der Waals surface area contributed by atoms with Crippen LogP contribution in [0.3, 0.4) is 0 Å². The summed E-state index contributed by atoms with van der Waals surface area (Å²) in [5.41, 5.74) is 6.60. The number of nitrogen functional groups attached to an aromatic ring is 1. The predicted octanol–water partition coefficient (Wildman–Crippen LogP) is 1.68. The molecule has 0 atom stereocenters. The van der Waals surface area contributed by atoms with Crippen molar-refractivity contribution in [2.24, 2.45) is 0 Å². The molecule has 0 unspecified atom stereocenters. The molecule has 0 aliphatic rings. The maximum atomic E-state index is 5.49. The van der Waals surface area contributed by atoms with E-state index in [0.717, 1.165) is 11.3 Å². The highest BCUT2D eigenvalue weighted by molar-refractivity contribution is 5.39. The number of benzene rings is 1. The van der Waals surface area contributed by atoms with Crippen LogP contribution in [0.5, 0.6) is 5.75 Å². The van der Waals surface area contributed by atoms with Crippen LogP contribution in [0.25, 0.3) is 0 Å². The number of rotatable bonds is 4. The van der Waals surface area contributed by atoms with Crippen molar-refractivity contribution in [2.45, 2.75) is 6.54 Å². The molecule has 3 N–H and O–H groups in total. The van der Waals surface area contributed by atoms with Crippen molar-refractivity contribution in [1.82, 2.24) is 9.97 Å². The number of methoxy groups -OCH3 is 1. The molecule has 0 saturated heterocycles. The van der Waals surface area contributed by atoms with E-state index in [0.29, 0.717) is 12.4 Å². The molecule has 1 heterocycles. The molecule has 5 nitrogen and oxygen atoms in total. The molecule has 1 aromatic carbocycles. The van der Waals surface area contributed by atoms with Gasteiger partial charge in [0.1, 0.15) is 11.6 Å². The summed E-state index contributed by atoms with van der Waals surface area (Å²) in [6, 6.07) is 9.62. The number of nitrogens with two attached hydrogens (primary N) is 1. The number of ether oxygens (including phenoxy) is 1. The van der Waals surface area contributed by atoms with Crippen LogP contribution in [0.4, 0.5) is 11.8 Å². The number of nitrogens with one attached hydrogen (secondary N) is 1. The van der Waals surface area contributed by atoms with Gasteiger partial charge in [-0.05, 0) is 23.8 Å². The molecule has 0 radical (unpaired) electrons. The highest BCUT2D eigenvalue weighted by Gasteiger charge is 1.98. The van der Waals surface area contributed by atoms with Gasteiger partial charge in [0.05, 0.1) is 7.11 Å². The molecule has 1 aromatic heterocycles. The van der Waals surface area contributed by atoms with Gasteiger partial charge in [-0.2, -0.15) is 4.98 Å². The van der Waals surface area contributed by atoms with E-state index in [1.807, 2.05) is 24.3 Å². The van der Waals surface area contributed by atoms with Crippen LogP contribution >= 0.6 is 0 Å². The summed E-state index contributed by atoms with van der Waals surface area (Å²) in [7, 11) is 1.65. The molecule has 0 amide bonds. The van der Waals surface area contributed by atoms with Gasteiger partial charge in [-0.15, -0.1) is 0 Å². The summed E-state index contributed by atoms with van der Waals surface area (Å²) in [5, 5.41) is 3.17. The normalized spacial score (nSPS) is 9.94. The molecule has 0 aliphatic carbocycles. The molecule has 5 heteroatoms. The van der Waals surface area contributed by atoms with Crippen LogP contribution < -0.4 is 15.8 Å². The van der Waals surface area contributed by atoms with E-state index in [1.165, 1.54) is 0 Å². The van der Waals surface area contributed by atoms with Crippen molar-refractivity contribution in [3.8, 4) is 5.75 Å². The molecule has 0 fully saturated rings. The van der Waals surface area contributed by atoms with Crippen molar-refractivity contribution >= 4 is 11.8 Å². The first-order valence-electron chi connectivity index (χ1n) is 5.23. The molecular weight excluding hydrogens is 216 g/mol. The molecule has 2 aromatic rings. The average Bonchev–Trinajstić information content (AvgIpc) is 2.37. The molecule has 0 bridgehead atoms. The van der Waals surface area contributed by atoms with E-state index >= 15 is 0 Å². The Kier molecular flexibility index (Phi) is 3.40. The molecule has 0 spiro atoms. The first-order chi connectivity index (χ1) is 8.28. The SMILES string of the molecule is COc1cccc(CNc2ccnc(N)n2)c1. The molecular formula is C12H14N4O. The van der Waals surface area contributed by atoms with E-state index in [2.05, 4.69) is 15.3 Å². The zero-order valence-corrected chi connectivity index (χ0v) is 9.55. The summed E-state index contributed by atoms with van der Waals surface area (Å²) in [6.07, 6.45) is 1.62. The predicted molar refractivity (Wildman–Crippen MR) is 66.8 cm³/mol. The smallest absolute Gasteiger partial charge is 0.221 e. The molecule has 0 aliphatic heterocycles. The van der Waals surface area contributed by atoms with Gasteiger partial charge in [-0.25, -0.2) is 4.98 Å². The Bertz CT molecular complexity index is 501. The quantitative estimate of drug-likeness (QED) is 0.836. The van der Waals surface area contributed by atoms with Crippen LogP contribution in [-0.2, 0) is 6.54 Å². The Morgan fingerprint density at radius 2 is 2.24 bits per heavy atom. The van der Waals surface area contributed by atoms with Crippen molar-refractivity contribution in [2.75, 3.05) is 18.2 Å². The summed E-state index contributed by atoms with van der Waals surface area (Å²) < 4.78 is 5.15. The van der Waals surface area contributed by atoms with E-state index < -0.39 is 0 Å². The van der Waals surface area contributed by atoms with Crippen molar-refractivity contribution in [1.29, 1.82) is 0 Å². The first-order valence-corrected chi connectivity index (χ1v) is 5.23. The number of hydrogen-bond donors (Lipinski definition) is 2. The van der Waals surface area contributed by atoms with E-state index in [-0.39, 0.29) is 5.95 Å². The van der Waals surface area contributed by atoms with Gasteiger partial charge in [0.25, 0.3) is 0 Å². The van der Waals surface area contributed by atoms with E-state index in [1.54, 1.807) is 19.4 Å². The number of hydrogen-bond acceptors (Lipinski definition) is 5. The third-order valence-electron chi connectivity index (χ3n) is 2.28. The van der Waals surface area contributed by atoms with Crippen LogP contribution in [0.2, 0.25) is 0 Å². The second kappa shape index (κ2) is 5.16. The lowest BCUT2D eigenvalue weighted by molar-refractivity contribution is 0.414. The fourth-order valence-electron chi connectivity index (χ4n) is 1.45. The highest BCUT2D eigenvalue weighted by atomic mass is 16.5. The van der Waals surface area contributed by atoms with Crippen molar-refractivity contribution in [3.63, 3.8) is 0 Å². The summed E-state index contributed by atoms with van der Waals surface area (Å²) >= 11 is 0. The van der Waals surface area contributed by atoms with Crippen LogP contribution in [0.1, 0.15) is 5.56 Å². The maximum Gasteiger partial charge on any atom is 0.221 e. The fraction of sp³-hybridized carbons (Fsp3) is 0.167. The molecule has 88 valence electrons. The lowest BCUT2D eigenvalue weighted by atomic mass is 10.2. The Morgan fingerprint density at radius 1 is 1.35 bits per heavy atom. The lowest BCUT2D eigenvalue weighted by Gasteiger charge is -2.07. The van der Waals surface area contributed by atoms with Crippen LogP contribution in [0, 0.1) is 0 Å². The number of aromatic nitrogens is 2. The zero-order chi connectivity index (χ0) is 12.1. The monoisotopic (exact) mass is 230 g/mol. The largest absolute Gasteiger partial charge is 0.497 e. The minimum absolute atomic E-state index is 0.264. The van der Waals surface area contributed by atoms with Crippen LogP contribution in [-0.4, -0.2) is 17.1 Å². The third kappa shape index (κ3) is 3.07. The van der Waals surface area contributed by atoms with E-state index in [9.17, 15) is 0 Å². The van der Waals surface area contributed by atoms with Gasteiger partial charge in [0.15, 0.2) is 0 Å². The number of nitrogens with zero attached hydrogens (tertiary/aromatic N) is 2. The topological polar surface area (TPSA) is 73.1 Å². The second-order valence-electron chi connectivity index (χ2n) is 3.51. The molecule has 2 rings (SSSR count). The van der Waals surface area contributed by atoms with Gasteiger partial charge in [0, 0.05) is 12.7 Å². The lowest BCUT2D eigenvalue weighted by Crippen LogP contribution is -2.03. The van der Waals surface area contributed by atoms with Gasteiger partial charge in [-0.3, -0.25) is 0 Å². The average molecular weight is 230 g/mol. The highest BCUT2D eigenvalue weighted by Crippen LogP contribution is 2.13. The molecule has 17 heavy (non-hydrogen) atoms.